The van der Waals surface area contributed by atoms with Crippen LogP contribution in [0, 0.1) is 23.2 Å². The molecule has 3 nitrogen and oxygen atoms in total. The van der Waals surface area contributed by atoms with Gasteiger partial charge in [0.05, 0.1) is 18.3 Å². The van der Waals surface area contributed by atoms with Crippen molar-refractivity contribution in [3.05, 3.63) is 41.5 Å². The van der Waals surface area contributed by atoms with Gasteiger partial charge in [0, 0.05) is 0 Å². The summed E-state index contributed by atoms with van der Waals surface area (Å²) in [5, 5.41) is 10.4. The van der Waals surface area contributed by atoms with E-state index < -0.39 is 0 Å². The minimum absolute atomic E-state index is 0.106. The predicted molar refractivity (Wildman–Crippen MR) is 105 cm³/mol. The van der Waals surface area contributed by atoms with Gasteiger partial charge < -0.3 is 9.84 Å². The summed E-state index contributed by atoms with van der Waals surface area (Å²) in [7, 11) is 0. The zero-order chi connectivity index (χ0) is 18.7. The molecule has 0 heterocycles. The van der Waals surface area contributed by atoms with Crippen LogP contribution in [0.15, 0.2) is 30.3 Å². The highest BCUT2D eigenvalue weighted by atomic mass is 16.5. The van der Waals surface area contributed by atoms with Crippen LogP contribution in [0.5, 0.6) is 0 Å². The van der Waals surface area contributed by atoms with E-state index in [1.54, 1.807) is 0 Å². The topological polar surface area (TPSA) is 46.5 Å². The Morgan fingerprint density at radius 1 is 1.31 bits per heavy atom. The van der Waals surface area contributed by atoms with Gasteiger partial charge >= 0.3 is 5.97 Å². The summed E-state index contributed by atoms with van der Waals surface area (Å²) in [6.07, 6.45) is 10.1. The largest absolute Gasteiger partial charge is 0.462 e. The Kier molecular flexibility index (Phi) is 5.86. The molecule has 2 fully saturated rings. The van der Waals surface area contributed by atoms with Gasteiger partial charge in [0.15, 0.2) is 0 Å². The molecule has 0 spiro atoms. The van der Waals surface area contributed by atoms with E-state index in [2.05, 4.69) is 26.0 Å². The average molecular weight is 357 g/mol. The molecular weight excluding hydrogens is 324 g/mol. The first-order valence-corrected chi connectivity index (χ1v) is 10.1. The predicted octanol–water partition coefficient (Wildman–Crippen LogP) is 5.09. The first kappa shape index (κ1) is 19.2. The molecule has 2 aliphatic rings. The molecule has 3 rings (SSSR count). The molecule has 0 amide bonds. The van der Waals surface area contributed by atoms with Crippen LogP contribution in [-0.4, -0.2) is 23.8 Å². The van der Waals surface area contributed by atoms with Crippen molar-refractivity contribution in [1.82, 2.24) is 0 Å². The molecule has 0 aliphatic heterocycles. The minimum atomic E-state index is -0.267. The van der Waals surface area contributed by atoms with Gasteiger partial charge in [-0.1, -0.05) is 44.6 Å². The van der Waals surface area contributed by atoms with E-state index in [-0.39, 0.29) is 17.5 Å². The molecule has 1 unspecified atom stereocenters. The third-order valence-electron chi connectivity index (χ3n) is 6.81. The zero-order valence-corrected chi connectivity index (χ0v) is 16.3. The highest BCUT2D eigenvalue weighted by Gasteiger charge is 2.51. The van der Waals surface area contributed by atoms with E-state index in [1.165, 1.54) is 12.8 Å². The standard InChI is InChI=1S/C23H32O3/c1-4-26-22(25)18-11-9-17(10-12-18)8-7-16(2)19-13-14-20-21(24)6-5-15-23(19,20)3/h7-12,16,19-21,24H,4-6,13-15H2,1-3H3/t16?,19-,20+,21+,23-/m1/s1. The van der Waals surface area contributed by atoms with Crippen LogP contribution in [0.3, 0.4) is 0 Å². The summed E-state index contributed by atoms with van der Waals surface area (Å²) in [4.78, 5) is 11.7. The molecule has 0 aromatic heterocycles. The van der Waals surface area contributed by atoms with Crippen LogP contribution in [0.1, 0.15) is 68.8 Å². The normalized spacial score (nSPS) is 32.4. The maximum Gasteiger partial charge on any atom is 0.338 e. The van der Waals surface area contributed by atoms with Gasteiger partial charge in [0.2, 0.25) is 0 Å². The molecule has 0 radical (unpaired) electrons. The summed E-state index contributed by atoms with van der Waals surface area (Å²) in [6.45, 7) is 6.92. The lowest BCUT2D eigenvalue weighted by atomic mass is 9.62. The Bertz CT molecular complexity index is 648. The van der Waals surface area contributed by atoms with Crippen molar-refractivity contribution in [2.75, 3.05) is 6.61 Å². The molecule has 1 aromatic carbocycles. The van der Waals surface area contributed by atoms with Gasteiger partial charge in [0.1, 0.15) is 0 Å². The second kappa shape index (κ2) is 7.96. The van der Waals surface area contributed by atoms with Crippen molar-refractivity contribution in [1.29, 1.82) is 0 Å². The number of ether oxygens (including phenoxy) is 1. The first-order chi connectivity index (χ1) is 12.5. The van der Waals surface area contributed by atoms with Crippen LogP contribution >= 0.6 is 0 Å². The lowest BCUT2D eigenvalue weighted by molar-refractivity contribution is -0.0230. The molecule has 3 heteroatoms. The number of rotatable bonds is 5. The number of aliphatic hydroxyl groups excluding tert-OH is 1. The fourth-order valence-electron chi connectivity index (χ4n) is 5.39. The highest BCUT2D eigenvalue weighted by Crippen LogP contribution is 2.57. The summed E-state index contributed by atoms with van der Waals surface area (Å²) >= 11 is 0. The Morgan fingerprint density at radius 2 is 2.04 bits per heavy atom. The summed E-state index contributed by atoms with van der Waals surface area (Å²) in [5.74, 6) is 1.33. The number of hydrogen-bond donors (Lipinski definition) is 1. The number of esters is 1. The lowest BCUT2D eigenvalue weighted by Crippen LogP contribution is -2.41. The number of carbonyl (C=O) groups is 1. The number of aliphatic hydroxyl groups is 1. The summed E-state index contributed by atoms with van der Waals surface area (Å²) in [5.41, 5.74) is 1.97. The van der Waals surface area contributed by atoms with Crippen LogP contribution in [0.4, 0.5) is 0 Å². The first-order valence-electron chi connectivity index (χ1n) is 10.1. The summed E-state index contributed by atoms with van der Waals surface area (Å²) in [6, 6.07) is 7.59. The molecule has 5 atom stereocenters. The second-order valence-corrected chi connectivity index (χ2v) is 8.32. The number of carbonyl (C=O) groups excluding carboxylic acids is 1. The van der Waals surface area contributed by atoms with Crippen LogP contribution in [0.25, 0.3) is 6.08 Å². The van der Waals surface area contributed by atoms with E-state index in [9.17, 15) is 9.90 Å². The van der Waals surface area contributed by atoms with Gasteiger partial charge in [-0.3, -0.25) is 0 Å². The molecule has 142 valence electrons. The van der Waals surface area contributed by atoms with Crippen LogP contribution < -0.4 is 0 Å². The van der Waals surface area contributed by atoms with Crippen molar-refractivity contribution < 1.29 is 14.6 Å². The van der Waals surface area contributed by atoms with Crippen LogP contribution in [0.2, 0.25) is 0 Å². The van der Waals surface area contributed by atoms with E-state index >= 15 is 0 Å². The van der Waals surface area contributed by atoms with E-state index in [4.69, 9.17) is 4.74 Å². The molecule has 0 saturated heterocycles. The smallest absolute Gasteiger partial charge is 0.338 e. The Hall–Kier alpha value is -1.61. The van der Waals surface area contributed by atoms with Crippen molar-refractivity contribution in [3.63, 3.8) is 0 Å². The molecule has 1 aromatic rings. The molecule has 1 N–H and O–H groups in total. The van der Waals surface area contributed by atoms with Gasteiger partial charge in [-0.15, -0.1) is 0 Å². The fourth-order valence-corrected chi connectivity index (χ4v) is 5.39. The SMILES string of the molecule is CCOC(=O)c1ccc(C=CC(C)[C@H]2CC[C@H]3[C@@H](O)CCC[C@]23C)cc1. The van der Waals surface area contributed by atoms with Crippen molar-refractivity contribution in [2.24, 2.45) is 23.2 Å². The Balaban J connectivity index is 1.66. The monoisotopic (exact) mass is 356 g/mol. The number of benzene rings is 1. The van der Waals surface area contributed by atoms with E-state index in [0.29, 0.717) is 29.9 Å². The highest BCUT2D eigenvalue weighted by molar-refractivity contribution is 5.89. The minimum Gasteiger partial charge on any atom is -0.462 e. The van der Waals surface area contributed by atoms with Crippen LogP contribution in [-0.2, 0) is 4.74 Å². The average Bonchev–Trinajstić information content (AvgIpc) is 2.99. The molecule has 26 heavy (non-hydrogen) atoms. The quantitative estimate of drug-likeness (QED) is 0.748. The lowest BCUT2D eigenvalue weighted by Gasteiger charge is -2.44. The van der Waals surface area contributed by atoms with E-state index in [0.717, 1.165) is 24.8 Å². The number of fused-ring (bicyclic) bond motifs is 1. The van der Waals surface area contributed by atoms with E-state index in [1.807, 2.05) is 31.2 Å². The third-order valence-corrected chi connectivity index (χ3v) is 6.81. The zero-order valence-electron chi connectivity index (χ0n) is 16.3. The fraction of sp³-hybridized carbons (Fsp3) is 0.609. The van der Waals surface area contributed by atoms with Gasteiger partial charge in [0.25, 0.3) is 0 Å². The molecular formula is C23H32O3. The Morgan fingerprint density at radius 3 is 2.73 bits per heavy atom. The third kappa shape index (κ3) is 3.73. The van der Waals surface area contributed by atoms with Crippen molar-refractivity contribution in [2.45, 2.75) is 59.0 Å². The number of hydrogen-bond acceptors (Lipinski definition) is 3. The second-order valence-electron chi connectivity index (χ2n) is 8.32. The Labute approximate surface area is 157 Å². The molecule has 2 aliphatic carbocycles. The maximum atomic E-state index is 11.7. The molecule has 2 saturated carbocycles. The number of allylic oxidation sites excluding steroid dienone is 1. The summed E-state index contributed by atoms with van der Waals surface area (Å²) < 4.78 is 5.03. The van der Waals surface area contributed by atoms with Crippen molar-refractivity contribution >= 4 is 12.0 Å². The van der Waals surface area contributed by atoms with Crippen molar-refractivity contribution in [3.8, 4) is 0 Å². The maximum absolute atomic E-state index is 11.7. The van der Waals surface area contributed by atoms with Gasteiger partial charge in [-0.25, -0.2) is 4.79 Å². The van der Waals surface area contributed by atoms with Gasteiger partial charge in [-0.05, 0) is 73.5 Å². The van der Waals surface area contributed by atoms with Gasteiger partial charge in [-0.2, -0.15) is 0 Å². The molecule has 0 bridgehead atoms.